The third-order valence-electron chi connectivity index (χ3n) is 2.37. The van der Waals surface area contributed by atoms with E-state index < -0.39 is 0 Å². The summed E-state index contributed by atoms with van der Waals surface area (Å²) >= 11 is 12.0. The van der Waals surface area contributed by atoms with E-state index in [4.69, 9.17) is 23.2 Å². The highest BCUT2D eigenvalue weighted by Crippen LogP contribution is 2.27. The van der Waals surface area contributed by atoms with Crippen LogP contribution in [-0.4, -0.2) is 10.2 Å². The maximum Gasteiger partial charge on any atom is 0.119 e. The molecule has 0 aromatic heterocycles. The Balaban J connectivity index is 2.36. The number of phenolic OH excluding ortho intramolecular Hbond substituents is 2. The zero-order valence-electron chi connectivity index (χ0n) is 9.27. The van der Waals surface area contributed by atoms with Gasteiger partial charge in [0.25, 0.3) is 0 Å². The van der Waals surface area contributed by atoms with E-state index in [0.29, 0.717) is 21.2 Å². The molecule has 0 atom stereocenters. The topological polar surface area (TPSA) is 40.5 Å². The van der Waals surface area contributed by atoms with Crippen molar-refractivity contribution in [3.8, 4) is 11.5 Å². The summed E-state index contributed by atoms with van der Waals surface area (Å²) in [5.41, 5.74) is 1.35. The first-order valence-electron chi connectivity index (χ1n) is 5.21. The van der Waals surface area contributed by atoms with Crippen LogP contribution in [0.25, 0.3) is 12.2 Å². The van der Waals surface area contributed by atoms with Crippen LogP contribution in [0.15, 0.2) is 36.4 Å². The summed E-state index contributed by atoms with van der Waals surface area (Å²) in [6.45, 7) is 0. The molecule has 0 unspecified atom stereocenters. The Bertz CT molecular complexity index is 566. The Morgan fingerprint density at radius 1 is 0.833 bits per heavy atom. The van der Waals surface area contributed by atoms with Gasteiger partial charge in [-0.1, -0.05) is 41.4 Å². The standard InChI is InChI=1S/C14H10Cl2O2/c15-13-2-1-3-14(16)12(13)5-4-9-6-10(17)8-11(18)7-9/h1-8,17-18H/b5-4+. The minimum atomic E-state index is -0.0000874. The van der Waals surface area contributed by atoms with Gasteiger partial charge in [0.15, 0.2) is 0 Å². The molecule has 0 saturated heterocycles. The van der Waals surface area contributed by atoms with Crippen LogP contribution in [0.2, 0.25) is 10.0 Å². The van der Waals surface area contributed by atoms with Gasteiger partial charge in [-0.05, 0) is 29.8 Å². The molecule has 0 aliphatic heterocycles. The van der Waals surface area contributed by atoms with Gasteiger partial charge in [-0.15, -0.1) is 0 Å². The summed E-state index contributed by atoms with van der Waals surface area (Å²) in [7, 11) is 0. The largest absolute Gasteiger partial charge is 0.508 e. The van der Waals surface area contributed by atoms with Gasteiger partial charge in [0.2, 0.25) is 0 Å². The Labute approximate surface area is 115 Å². The molecule has 92 valence electrons. The van der Waals surface area contributed by atoms with Gasteiger partial charge in [0, 0.05) is 21.7 Å². The van der Waals surface area contributed by atoms with Crippen LogP contribution < -0.4 is 0 Å². The minimum absolute atomic E-state index is 0.0000874. The van der Waals surface area contributed by atoms with E-state index in [1.54, 1.807) is 30.4 Å². The van der Waals surface area contributed by atoms with Gasteiger partial charge in [-0.25, -0.2) is 0 Å². The second-order valence-electron chi connectivity index (χ2n) is 3.75. The third kappa shape index (κ3) is 2.97. The lowest BCUT2D eigenvalue weighted by Gasteiger charge is -2.01. The van der Waals surface area contributed by atoms with E-state index in [1.165, 1.54) is 18.2 Å². The molecule has 2 rings (SSSR count). The van der Waals surface area contributed by atoms with E-state index in [1.807, 2.05) is 0 Å². The molecular weight excluding hydrogens is 271 g/mol. The molecule has 0 fully saturated rings. The fourth-order valence-electron chi connectivity index (χ4n) is 1.56. The van der Waals surface area contributed by atoms with Crippen molar-refractivity contribution in [2.75, 3.05) is 0 Å². The SMILES string of the molecule is Oc1cc(O)cc(/C=C/c2c(Cl)cccc2Cl)c1. The first-order valence-corrected chi connectivity index (χ1v) is 5.97. The predicted molar refractivity (Wildman–Crippen MR) is 75.2 cm³/mol. The lowest BCUT2D eigenvalue weighted by Crippen LogP contribution is -1.78. The number of hydrogen-bond donors (Lipinski definition) is 2. The Morgan fingerprint density at radius 2 is 1.39 bits per heavy atom. The number of phenols is 2. The van der Waals surface area contributed by atoms with E-state index in [0.717, 1.165) is 0 Å². The van der Waals surface area contributed by atoms with E-state index in [9.17, 15) is 10.2 Å². The van der Waals surface area contributed by atoms with Gasteiger partial charge in [-0.3, -0.25) is 0 Å². The van der Waals surface area contributed by atoms with Crippen LogP contribution in [0.4, 0.5) is 0 Å². The molecule has 2 nitrogen and oxygen atoms in total. The van der Waals surface area contributed by atoms with E-state index in [-0.39, 0.29) is 11.5 Å². The van der Waals surface area contributed by atoms with Crippen molar-refractivity contribution in [2.45, 2.75) is 0 Å². The van der Waals surface area contributed by atoms with Crippen molar-refractivity contribution in [3.63, 3.8) is 0 Å². The molecule has 18 heavy (non-hydrogen) atoms. The summed E-state index contributed by atoms with van der Waals surface area (Å²) in [5, 5.41) is 19.8. The second-order valence-corrected chi connectivity index (χ2v) is 4.57. The van der Waals surface area contributed by atoms with Crippen molar-refractivity contribution in [2.24, 2.45) is 0 Å². The molecule has 4 heteroatoms. The molecule has 0 aliphatic rings. The quantitative estimate of drug-likeness (QED) is 0.791. The van der Waals surface area contributed by atoms with Gasteiger partial charge in [0.05, 0.1) is 0 Å². The highest BCUT2D eigenvalue weighted by Gasteiger charge is 2.01. The average molecular weight is 281 g/mol. The predicted octanol–water partition coefficient (Wildman–Crippen LogP) is 4.58. The summed E-state index contributed by atoms with van der Waals surface area (Å²) in [6, 6.07) is 9.57. The van der Waals surface area contributed by atoms with Gasteiger partial charge in [-0.2, -0.15) is 0 Å². The third-order valence-corrected chi connectivity index (χ3v) is 3.03. The molecule has 0 amide bonds. The monoisotopic (exact) mass is 280 g/mol. The van der Waals surface area contributed by atoms with Crippen LogP contribution in [0.3, 0.4) is 0 Å². The van der Waals surface area contributed by atoms with Gasteiger partial charge >= 0.3 is 0 Å². The van der Waals surface area contributed by atoms with E-state index in [2.05, 4.69) is 0 Å². The Morgan fingerprint density at radius 3 is 1.94 bits per heavy atom. The lowest BCUT2D eigenvalue weighted by molar-refractivity contribution is 0.450. The molecule has 0 aliphatic carbocycles. The number of hydrogen-bond acceptors (Lipinski definition) is 2. The van der Waals surface area contributed by atoms with Crippen LogP contribution in [0.5, 0.6) is 11.5 Å². The normalized spacial score (nSPS) is 11.0. The number of rotatable bonds is 2. The fraction of sp³-hybridized carbons (Fsp3) is 0. The molecule has 2 aromatic carbocycles. The summed E-state index contributed by atoms with van der Waals surface area (Å²) in [6.07, 6.45) is 3.45. The maximum absolute atomic E-state index is 9.35. The number of benzene rings is 2. The summed E-state index contributed by atoms with van der Waals surface area (Å²) < 4.78 is 0. The Hall–Kier alpha value is -1.64. The summed E-state index contributed by atoms with van der Waals surface area (Å²) in [5.74, 6) is -0.000175. The van der Waals surface area contributed by atoms with Crippen LogP contribution in [0.1, 0.15) is 11.1 Å². The Kier molecular flexibility index (Phi) is 3.80. The van der Waals surface area contributed by atoms with Crippen molar-refractivity contribution < 1.29 is 10.2 Å². The fourth-order valence-corrected chi connectivity index (χ4v) is 2.09. The smallest absolute Gasteiger partial charge is 0.119 e. The molecule has 2 N–H and O–H groups in total. The van der Waals surface area contributed by atoms with Gasteiger partial charge < -0.3 is 10.2 Å². The first-order chi connectivity index (χ1) is 8.56. The van der Waals surface area contributed by atoms with Crippen molar-refractivity contribution >= 4 is 35.4 Å². The van der Waals surface area contributed by atoms with Crippen molar-refractivity contribution in [3.05, 3.63) is 57.6 Å². The van der Waals surface area contributed by atoms with Crippen molar-refractivity contribution in [1.82, 2.24) is 0 Å². The van der Waals surface area contributed by atoms with E-state index >= 15 is 0 Å². The molecular formula is C14H10Cl2O2. The first kappa shape index (κ1) is 12.8. The highest BCUT2D eigenvalue weighted by molar-refractivity contribution is 6.37. The number of aromatic hydroxyl groups is 2. The average Bonchev–Trinajstić information content (AvgIpc) is 2.27. The van der Waals surface area contributed by atoms with Crippen LogP contribution in [-0.2, 0) is 0 Å². The highest BCUT2D eigenvalue weighted by atomic mass is 35.5. The summed E-state index contributed by atoms with van der Waals surface area (Å²) in [4.78, 5) is 0. The lowest BCUT2D eigenvalue weighted by atomic mass is 10.1. The zero-order chi connectivity index (χ0) is 13.1. The van der Waals surface area contributed by atoms with Crippen molar-refractivity contribution in [1.29, 1.82) is 0 Å². The molecule has 2 aromatic rings. The zero-order valence-corrected chi connectivity index (χ0v) is 10.8. The minimum Gasteiger partial charge on any atom is -0.508 e. The van der Waals surface area contributed by atoms with Gasteiger partial charge in [0.1, 0.15) is 11.5 Å². The molecule has 0 bridgehead atoms. The molecule has 0 heterocycles. The molecule has 0 radical (unpaired) electrons. The van der Waals surface area contributed by atoms with Crippen LogP contribution >= 0.6 is 23.2 Å². The molecule has 0 spiro atoms. The molecule has 0 saturated carbocycles. The maximum atomic E-state index is 9.35. The number of halogens is 2. The second kappa shape index (κ2) is 5.34. The van der Waals surface area contributed by atoms with Crippen LogP contribution in [0, 0.1) is 0 Å².